The van der Waals surface area contributed by atoms with Gasteiger partial charge in [0.1, 0.15) is 5.15 Å². The molecule has 1 aromatic rings. The van der Waals surface area contributed by atoms with Crippen molar-refractivity contribution in [3.8, 4) is 0 Å². The molecule has 1 aliphatic heterocycles. The lowest BCUT2D eigenvalue weighted by molar-refractivity contribution is 0.0696. The van der Waals surface area contributed by atoms with Gasteiger partial charge in [0.15, 0.2) is 0 Å². The van der Waals surface area contributed by atoms with Crippen LogP contribution >= 0.6 is 11.6 Å². The van der Waals surface area contributed by atoms with Gasteiger partial charge in [-0.1, -0.05) is 24.9 Å². The summed E-state index contributed by atoms with van der Waals surface area (Å²) in [5.74, 6) is 0.0689. The Balaban J connectivity index is 2.22. The van der Waals surface area contributed by atoms with Gasteiger partial charge in [0.25, 0.3) is 5.91 Å². The van der Waals surface area contributed by atoms with Gasteiger partial charge in [-0.15, -0.1) is 0 Å². The van der Waals surface area contributed by atoms with Gasteiger partial charge in [-0.3, -0.25) is 4.79 Å². The molecule has 2 heterocycles. The van der Waals surface area contributed by atoms with Crippen molar-refractivity contribution < 1.29 is 4.79 Å². The number of likely N-dealkylation sites (N-methyl/N-ethyl adjacent to an activating group) is 1. The molecule has 1 atom stereocenters. The van der Waals surface area contributed by atoms with Crippen molar-refractivity contribution in [1.29, 1.82) is 0 Å². The molecule has 4 nitrogen and oxygen atoms in total. The predicted molar refractivity (Wildman–Crippen MR) is 85.9 cm³/mol. The molecule has 0 saturated carbocycles. The number of pyridine rings is 1. The first kappa shape index (κ1) is 16.2. The quantitative estimate of drug-likeness (QED) is 0.806. The van der Waals surface area contributed by atoms with Gasteiger partial charge in [-0.05, 0) is 45.5 Å². The molecule has 5 heteroatoms. The minimum atomic E-state index is 0.0689. The molecule has 0 spiro atoms. The Labute approximate surface area is 132 Å². The molecule has 1 saturated heterocycles. The summed E-state index contributed by atoms with van der Waals surface area (Å²) in [5.41, 5.74) is 1.56. The van der Waals surface area contributed by atoms with E-state index in [1.807, 2.05) is 11.0 Å². The summed E-state index contributed by atoms with van der Waals surface area (Å²) < 4.78 is 0. The summed E-state index contributed by atoms with van der Waals surface area (Å²) >= 11 is 6.07. The summed E-state index contributed by atoms with van der Waals surface area (Å²) in [7, 11) is 2.10. The van der Waals surface area contributed by atoms with Crippen LogP contribution in [0.25, 0.3) is 0 Å². The maximum absolute atomic E-state index is 12.8. The number of aryl methyl sites for hydroxylation is 1. The fraction of sp³-hybridized carbons (Fsp3) is 0.625. The highest BCUT2D eigenvalue weighted by atomic mass is 35.5. The second kappa shape index (κ2) is 7.23. The van der Waals surface area contributed by atoms with Crippen LogP contribution in [0.4, 0.5) is 0 Å². The van der Waals surface area contributed by atoms with Crippen LogP contribution in [0.3, 0.4) is 0 Å². The SMILES string of the molecule is CCCc1cc(C(=O)N2CCCN(C)CC2C)cc(Cl)n1. The predicted octanol–water partition coefficient (Wildman–Crippen LogP) is 2.85. The Bertz CT molecular complexity index is 506. The molecule has 21 heavy (non-hydrogen) atoms. The molecular formula is C16H24ClN3O. The number of rotatable bonds is 3. The van der Waals surface area contributed by atoms with Crippen molar-refractivity contribution in [2.24, 2.45) is 0 Å². The van der Waals surface area contributed by atoms with Crippen LogP contribution in [-0.2, 0) is 6.42 Å². The standard InChI is InChI=1S/C16H24ClN3O/c1-4-6-14-9-13(10-15(17)18-14)16(21)20-8-5-7-19(3)11-12(20)2/h9-10,12H,4-8,11H2,1-3H3. The number of carbonyl (C=O) groups excluding carboxylic acids is 1. The Hall–Kier alpha value is -1.13. The summed E-state index contributed by atoms with van der Waals surface area (Å²) in [6.45, 7) is 6.94. The second-order valence-electron chi connectivity index (χ2n) is 5.88. The van der Waals surface area contributed by atoms with Gasteiger partial charge in [-0.2, -0.15) is 0 Å². The first-order valence-electron chi connectivity index (χ1n) is 7.67. The van der Waals surface area contributed by atoms with Crippen LogP contribution in [0.15, 0.2) is 12.1 Å². The van der Waals surface area contributed by atoms with E-state index in [-0.39, 0.29) is 11.9 Å². The Morgan fingerprint density at radius 2 is 2.19 bits per heavy atom. The first-order chi connectivity index (χ1) is 10.0. The van der Waals surface area contributed by atoms with E-state index >= 15 is 0 Å². The van der Waals surface area contributed by atoms with Gasteiger partial charge < -0.3 is 9.80 Å². The van der Waals surface area contributed by atoms with Crippen molar-refractivity contribution in [1.82, 2.24) is 14.8 Å². The van der Waals surface area contributed by atoms with Gasteiger partial charge in [0.2, 0.25) is 0 Å². The molecule has 0 radical (unpaired) electrons. The van der Waals surface area contributed by atoms with Crippen molar-refractivity contribution in [3.63, 3.8) is 0 Å². The number of amides is 1. The van der Waals surface area contributed by atoms with E-state index in [9.17, 15) is 4.79 Å². The number of hydrogen-bond acceptors (Lipinski definition) is 3. The smallest absolute Gasteiger partial charge is 0.254 e. The van der Waals surface area contributed by atoms with Crippen LogP contribution in [-0.4, -0.2) is 53.4 Å². The van der Waals surface area contributed by atoms with Gasteiger partial charge in [-0.25, -0.2) is 4.98 Å². The molecule has 1 amide bonds. The van der Waals surface area contributed by atoms with Crippen molar-refractivity contribution >= 4 is 17.5 Å². The van der Waals surface area contributed by atoms with E-state index in [4.69, 9.17) is 11.6 Å². The van der Waals surface area contributed by atoms with E-state index in [0.29, 0.717) is 10.7 Å². The summed E-state index contributed by atoms with van der Waals surface area (Å²) in [5, 5.41) is 0.406. The molecule has 116 valence electrons. The van der Waals surface area contributed by atoms with Gasteiger partial charge in [0.05, 0.1) is 0 Å². The van der Waals surface area contributed by atoms with Crippen molar-refractivity contribution in [3.05, 3.63) is 28.5 Å². The normalized spacial score (nSPS) is 20.4. The lowest BCUT2D eigenvalue weighted by Crippen LogP contribution is -2.42. The molecule has 1 aliphatic rings. The first-order valence-corrected chi connectivity index (χ1v) is 8.05. The van der Waals surface area contributed by atoms with Crippen LogP contribution in [0.5, 0.6) is 0 Å². The lowest BCUT2D eigenvalue weighted by Gasteiger charge is -2.28. The van der Waals surface area contributed by atoms with Gasteiger partial charge in [0, 0.05) is 30.4 Å². The molecule has 1 fully saturated rings. The zero-order valence-corrected chi connectivity index (χ0v) is 13.9. The van der Waals surface area contributed by atoms with E-state index in [1.165, 1.54) is 0 Å². The molecular weight excluding hydrogens is 286 g/mol. The number of carbonyl (C=O) groups is 1. The summed E-state index contributed by atoms with van der Waals surface area (Å²) in [4.78, 5) is 21.3. The van der Waals surface area contributed by atoms with E-state index in [0.717, 1.165) is 44.6 Å². The zero-order valence-electron chi connectivity index (χ0n) is 13.1. The Kier molecular flexibility index (Phi) is 5.59. The van der Waals surface area contributed by atoms with Crippen LogP contribution in [0, 0.1) is 0 Å². The third kappa shape index (κ3) is 4.17. The molecule has 2 rings (SSSR count). The van der Waals surface area contributed by atoms with Crippen molar-refractivity contribution in [2.75, 3.05) is 26.7 Å². The molecule has 0 bridgehead atoms. The molecule has 1 unspecified atom stereocenters. The van der Waals surface area contributed by atoms with Crippen LogP contribution < -0.4 is 0 Å². The number of aromatic nitrogens is 1. The molecule has 1 aromatic heterocycles. The maximum Gasteiger partial charge on any atom is 0.254 e. The Morgan fingerprint density at radius 1 is 1.43 bits per heavy atom. The van der Waals surface area contributed by atoms with Crippen LogP contribution in [0.1, 0.15) is 42.7 Å². The fourth-order valence-corrected chi connectivity index (χ4v) is 3.12. The monoisotopic (exact) mass is 309 g/mol. The minimum absolute atomic E-state index is 0.0689. The summed E-state index contributed by atoms with van der Waals surface area (Å²) in [6.07, 6.45) is 2.85. The minimum Gasteiger partial charge on any atom is -0.335 e. The number of hydrogen-bond donors (Lipinski definition) is 0. The molecule has 0 N–H and O–H groups in total. The maximum atomic E-state index is 12.8. The number of halogens is 1. The third-order valence-electron chi connectivity index (χ3n) is 3.91. The van der Waals surface area contributed by atoms with Crippen LogP contribution in [0.2, 0.25) is 5.15 Å². The zero-order chi connectivity index (χ0) is 15.4. The van der Waals surface area contributed by atoms with E-state index in [2.05, 4.69) is 30.8 Å². The number of nitrogens with zero attached hydrogens (tertiary/aromatic N) is 3. The molecule has 0 aromatic carbocycles. The van der Waals surface area contributed by atoms with E-state index < -0.39 is 0 Å². The summed E-state index contributed by atoms with van der Waals surface area (Å²) in [6, 6.07) is 3.79. The van der Waals surface area contributed by atoms with E-state index in [1.54, 1.807) is 6.07 Å². The topological polar surface area (TPSA) is 36.4 Å². The second-order valence-corrected chi connectivity index (χ2v) is 6.27. The third-order valence-corrected chi connectivity index (χ3v) is 4.10. The highest BCUT2D eigenvalue weighted by Gasteiger charge is 2.25. The molecule has 0 aliphatic carbocycles. The average molecular weight is 310 g/mol. The average Bonchev–Trinajstić information content (AvgIpc) is 2.58. The highest BCUT2D eigenvalue weighted by Crippen LogP contribution is 2.17. The largest absolute Gasteiger partial charge is 0.335 e. The lowest BCUT2D eigenvalue weighted by atomic mass is 10.1. The fourth-order valence-electron chi connectivity index (χ4n) is 2.90. The van der Waals surface area contributed by atoms with Crippen molar-refractivity contribution in [2.45, 2.75) is 39.2 Å². The highest BCUT2D eigenvalue weighted by molar-refractivity contribution is 6.29. The Morgan fingerprint density at radius 3 is 2.90 bits per heavy atom. The van der Waals surface area contributed by atoms with Gasteiger partial charge >= 0.3 is 0 Å².